The second kappa shape index (κ2) is 11.3. The van der Waals surface area contributed by atoms with Gasteiger partial charge in [-0.25, -0.2) is 4.79 Å². The van der Waals surface area contributed by atoms with Crippen molar-refractivity contribution in [2.24, 2.45) is 0 Å². The molecule has 2 heterocycles. The second-order valence-electron chi connectivity index (χ2n) is 9.64. The number of hydrogen-bond donors (Lipinski definition) is 1. The van der Waals surface area contributed by atoms with Gasteiger partial charge in [-0.2, -0.15) is 0 Å². The molecule has 1 N–H and O–H groups in total. The molecule has 0 spiro atoms. The molecule has 0 saturated carbocycles. The zero-order valence-corrected chi connectivity index (χ0v) is 22.3. The van der Waals surface area contributed by atoms with E-state index in [0.29, 0.717) is 59.3 Å². The summed E-state index contributed by atoms with van der Waals surface area (Å²) in [6.45, 7) is 7.94. The van der Waals surface area contributed by atoms with Crippen LogP contribution in [-0.4, -0.2) is 45.3 Å². The van der Waals surface area contributed by atoms with Gasteiger partial charge in [0.25, 0.3) is 0 Å². The number of ether oxygens (including phenoxy) is 4. The molecule has 0 fully saturated rings. The highest BCUT2D eigenvalue weighted by atomic mass is 16.6. The van der Waals surface area contributed by atoms with Crippen LogP contribution in [0.4, 0.5) is 0 Å². The van der Waals surface area contributed by atoms with E-state index in [1.165, 1.54) is 0 Å². The Kier molecular flexibility index (Phi) is 8.07. The Labute approximate surface area is 217 Å². The summed E-state index contributed by atoms with van der Waals surface area (Å²) in [4.78, 5) is 27.0. The number of allylic oxidation sites excluding steroid dienone is 3. The average molecular weight is 510 g/mol. The Morgan fingerprint density at radius 1 is 1.05 bits per heavy atom. The molecular weight excluding hydrogens is 474 g/mol. The summed E-state index contributed by atoms with van der Waals surface area (Å²) in [5, 5.41) is 3.35. The maximum absolute atomic E-state index is 13.7. The van der Waals surface area contributed by atoms with Crippen LogP contribution in [0.5, 0.6) is 11.5 Å². The number of nitrogens with one attached hydrogen (secondary N) is 1. The zero-order chi connectivity index (χ0) is 26.7. The number of dihydropyridines is 1. The van der Waals surface area contributed by atoms with Crippen LogP contribution in [0, 0.1) is 6.92 Å². The molecule has 2 aromatic rings. The Hall–Kier alpha value is -3.52. The Bertz CT molecular complexity index is 1240. The van der Waals surface area contributed by atoms with Crippen molar-refractivity contribution in [2.45, 2.75) is 58.5 Å². The molecule has 1 aromatic carbocycles. The first kappa shape index (κ1) is 26.5. The van der Waals surface area contributed by atoms with Crippen LogP contribution < -0.4 is 14.8 Å². The molecule has 1 aliphatic heterocycles. The number of rotatable bonds is 9. The highest BCUT2D eigenvalue weighted by Gasteiger charge is 2.43. The van der Waals surface area contributed by atoms with Crippen molar-refractivity contribution in [2.75, 3.05) is 27.4 Å². The van der Waals surface area contributed by atoms with Crippen molar-refractivity contribution in [3.05, 3.63) is 70.0 Å². The lowest BCUT2D eigenvalue weighted by atomic mass is 9.73. The highest BCUT2D eigenvalue weighted by molar-refractivity contribution is 6.04. The van der Waals surface area contributed by atoms with Crippen molar-refractivity contribution >= 4 is 11.8 Å². The fraction of sp³-hybridized carbons (Fsp3) is 0.448. The third-order valence-corrected chi connectivity index (χ3v) is 6.74. The van der Waals surface area contributed by atoms with Gasteiger partial charge in [0, 0.05) is 23.4 Å². The van der Waals surface area contributed by atoms with E-state index < -0.39 is 11.9 Å². The molecule has 0 unspecified atom stereocenters. The Morgan fingerprint density at radius 2 is 1.81 bits per heavy atom. The monoisotopic (exact) mass is 509 g/mol. The Morgan fingerprint density at radius 3 is 2.46 bits per heavy atom. The number of carbonyl (C=O) groups excluding carboxylic acids is 2. The minimum absolute atomic E-state index is 0.0338. The van der Waals surface area contributed by atoms with Crippen LogP contribution in [-0.2, 0) is 19.1 Å². The van der Waals surface area contributed by atoms with Crippen molar-refractivity contribution < 1.29 is 33.0 Å². The second-order valence-corrected chi connectivity index (χ2v) is 9.64. The van der Waals surface area contributed by atoms with Gasteiger partial charge < -0.3 is 28.7 Å². The number of benzene rings is 1. The van der Waals surface area contributed by atoms with Gasteiger partial charge in [-0.3, -0.25) is 4.79 Å². The largest absolute Gasteiger partial charge is 0.493 e. The minimum Gasteiger partial charge on any atom is -0.493 e. The molecule has 1 aromatic heterocycles. The lowest BCUT2D eigenvalue weighted by molar-refractivity contribution is -0.141. The molecule has 198 valence electrons. The molecular formula is C29H35NO7. The molecule has 8 heteroatoms. The van der Waals surface area contributed by atoms with Gasteiger partial charge in [0.15, 0.2) is 17.3 Å². The third-order valence-electron chi connectivity index (χ3n) is 6.74. The smallest absolute Gasteiger partial charge is 0.336 e. The number of esters is 1. The molecule has 37 heavy (non-hydrogen) atoms. The molecule has 8 nitrogen and oxygen atoms in total. The lowest BCUT2D eigenvalue weighted by Crippen LogP contribution is -2.36. The van der Waals surface area contributed by atoms with Gasteiger partial charge in [-0.1, -0.05) is 6.07 Å². The summed E-state index contributed by atoms with van der Waals surface area (Å²) in [5.41, 5.74) is 3.37. The minimum atomic E-state index is -0.637. The number of carbonyl (C=O) groups is 2. The van der Waals surface area contributed by atoms with Crippen molar-refractivity contribution in [3.8, 4) is 11.5 Å². The van der Waals surface area contributed by atoms with Gasteiger partial charge in [-0.05, 0) is 69.9 Å². The van der Waals surface area contributed by atoms with E-state index in [1.54, 1.807) is 14.2 Å². The third kappa shape index (κ3) is 5.59. The maximum atomic E-state index is 13.7. The number of hydrogen-bond acceptors (Lipinski definition) is 8. The van der Waals surface area contributed by atoms with Crippen LogP contribution >= 0.6 is 0 Å². The number of furan rings is 1. The zero-order valence-electron chi connectivity index (χ0n) is 22.3. The van der Waals surface area contributed by atoms with Gasteiger partial charge >= 0.3 is 5.97 Å². The number of aryl methyl sites for hydroxylation is 1. The fourth-order valence-corrected chi connectivity index (χ4v) is 5.04. The van der Waals surface area contributed by atoms with Crippen molar-refractivity contribution in [1.82, 2.24) is 5.32 Å². The van der Waals surface area contributed by atoms with E-state index in [9.17, 15) is 9.59 Å². The molecule has 0 bridgehead atoms. The summed E-state index contributed by atoms with van der Waals surface area (Å²) >= 11 is 0. The summed E-state index contributed by atoms with van der Waals surface area (Å²) < 4.78 is 27.8. The normalized spacial score (nSPS) is 19.6. The fourth-order valence-electron chi connectivity index (χ4n) is 5.04. The van der Waals surface area contributed by atoms with Gasteiger partial charge in [-0.15, -0.1) is 0 Å². The van der Waals surface area contributed by atoms with Crippen molar-refractivity contribution in [3.63, 3.8) is 0 Å². The van der Waals surface area contributed by atoms with Gasteiger partial charge in [0.1, 0.15) is 18.1 Å². The molecule has 0 radical (unpaired) electrons. The molecule has 2 atom stereocenters. The van der Waals surface area contributed by atoms with E-state index in [1.807, 2.05) is 58.0 Å². The van der Waals surface area contributed by atoms with Gasteiger partial charge in [0.2, 0.25) is 0 Å². The molecule has 0 amide bonds. The van der Waals surface area contributed by atoms with E-state index in [2.05, 4.69) is 5.32 Å². The topological polar surface area (TPSA) is 96.2 Å². The first-order valence-electron chi connectivity index (χ1n) is 12.5. The van der Waals surface area contributed by atoms with Crippen LogP contribution in [0.15, 0.2) is 57.3 Å². The van der Waals surface area contributed by atoms with E-state index in [4.69, 9.17) is 23.4 Å². The average Bonchev–Trinajstić information content (AvgIpc) is 3.30. The van der Waals surface area contributed by atoms with E-state index in [-0.39, 0.29) is 24.4 Å². The predicted molar refractivity (Wildman–Crippen MR) is 138 cm³/mol. The van der Waals surface area contributed by atoms with E-state index in [0.717, 1.165) is 11.3 Å². The summed E-state index contributed by atoms with van der Waals surface area (Å²) in [5.74, 6) is 1.31. The van der Waals surface area contributed by atoms with Crippen LogP contribution in [0.3, 0.4) is 0 Å². The Balaban J connectivity index is 1.66. The van der Waals surface area contributed by atoms with Crippen LogP contribution in [0.25, 0.3) is 0 Å². The van der Waals surface area contributed by atoms with Crippen molar-refractivity contribution in [1.29, 1.82) is 0 Å². The first-order valence-corrected chi connectivity index (χ1v) is 12.5. The van der Waals surface area contributed by atoms with Crippen LogP contribution in [0.1, 0.15) is 62.5 Å². The number of methoxy groups -OCH3 is 2. The molecule has 2 aliphatic rings. The SMILES string of the molecule is COc1ccc([C@H]2CC(=O)C3=C(C2)NC(C)=C(C(=O)OCCOC(C)C)[C@@H]3c2ccc(C)o2)cc1OC. The highest BCUT2D eigenvalue weighted by Crippen LogP contribution is 2.46. The quantitative estimate of drug-likeness (QED) is 0.375. The van der Waals surface area contributed by atoms with E-state index >= 15 is 0 Å². The molecule has 0 saturated heterocycles. The standard InChI is InChI=1S/C29H35NO7/c1-16(2)35-11-12-36-29(32)26-18(4)30-21-13-20(19-8-10-23(33-5)25(15-19)34-6)14-22(31)27(21)28(26)24-9-7-17(3)37-24/h7-10,15-16,20,28,30H,11-14H2,1-6H3/t20-,28+/m1/s1. The number of Topliss-reactive ketones (excluding diaryl/α,β-unsaturated/α-hetero) is 1. The maximum Gasteiger partial charge on any atom is 0.336 e. The molecule has 1 aliphatic carbocycles. The van der Waals surface area contributed by atoms with Gasteiger partial charge in [0.05, 0.1) is 38.4 Å². The molecule has 4 rings (SSSR count). The first-order chi connectivity index (χ1) is 17.7. The number of ketones is 1. The summed E-state index contributed by atoms with van der Waals surface area (Å²) in [6, 6.07) is 9.40. The summed E-state index contributed by atoms with van der Waals surface area (Å²) in [6.07, 6.45) is 0.950. The summed E-state index contributed by atoms with van der Waals surface area (Å²) in [7, 11) is 3.19. The predicted octanol–water partition coefficient (Wildman–Crippen LogP) is 4.94. The lowest BCUT2D eigenvalue weighted by Gasteiger charge is -2.35. The van der Waals surface area contributed by atoms with Crippen LogP contribution in [0.2, 0.25) is 0 Å².